The van der Waals surface area contributed by atoms with E-state index in [4.69, 9.17) is 5.73 Å². The predicted molar refractivity (Wildman–Crippen MR) is 58.9 cm³/mol. The predicted octanol–water partition coefficient (Wildman–Crippen LogP) is 1.72. The number of aromatic amines is 1. The number of rotatable bonds is 3. The summed E-state index contributed by atoms with van der Waals surface area (Å²) in [5.41, 5.74) is 6.68. The van der Waals surface area contributed by atoms with Crippen molar-refractivity contribution in [3.63, 3.8) is 0 Å². The Hall–Kier alpha value is -1.46. The maximum atomic E-state index is 11.8. The highest BCUT2D eigenvalue weighted by molar-refractivity contribution is 7.09. The van der Waals surface area contributed by atoms with Gasteiger partial charge in [0, 0.05) is 11.6 Å². The average Bonchev–Trinajstić information content (AvgIpc) is 2.88. The maximum absolute atomic E-state index is 11.8. The third kappa shape index (κ3) is 1.98. The number of carbonyl (C=O) groups is 1. The van der Waals surface area contributed by atoms with E-state index in [2.05, 4.69) is 9.97 Å². The Bertz CT molecular complexity index is 459. The summed E-state index contributed by atoms with van der Waals surface area (Å²) in [6.45, 7) is 1.85. The third-order valence-electron chi connectivity index (χ3n) is 1.99. The van der Waals surface area contributed by atoms with Crippen molar-refractivity contribution in [1.82, 2.24) is 9.97 Å². The molecule has 0 saturated carbocycles. The maximum Gasteiger partial charge on any atom is 0.228 e. The average molecular weight is 221 g/mol. The molecule has 0 aromatic carbocycles. The lowest BCUT2D eigenvalue weighted by molar-refractivity contribution is 0.103. The number of thiazole rings is 1. The Morgan fingerprint density at radius 3 is 3.00 bits per heavy atom. The molecular weight excluding hydrogens is 210 g/mol. The van der Waals surface area contributed by atoms with Crippen LogP contribution in [0.25, 0.3) is 0 Å². The van der Waals surface area contributed by atoms with E-state index in [1.807, 2.05) is 6.92 Å². The van der Waals surface area contributed by atoms with E-state index in [1.165, 1.54) is 11.3 Å². The Morgan fingerprint density at radius 1 is 1.67 bits per heavy atom. The number of aromatic nitrogens is 2. The summed E-state index contributed by atoms with van der Waals surface area (Å²) in [5, 5.41) is 2.52. The number of nitrogens with zero attached hydrogens (tertiary/aromatic N) is 1. The molecule has 0 aliphatic heterocycles. The molecule has 0 fully saturated rings. The van der Waals surface area contributed by atoms with Crippen LogP contribution in [0.1, 0.15) is 34.2 Å². The molecule has 0 aliphatic carbocycles. The molecule has 1 unspecified atom stereocenters. The van der Waals surface area contributed by atoms with Gasteiger partial charge in [-0.1, -0.05) is 0 Å². The molecule has 0 spiro atoms. The van der Waals surface area contributed by atoms with Gasteiger partial charge < -0.3 is 10.7 Å². The van der Waals surface area contributed by atoms with Gasteiger partial charge in [0.15, 0.2) is 0 Å². The summed E-state index contributed by atoms with van der Waals surface area (Å²) in [5.74, 6) is -0.0943. The van der Waals surface area contributed by atoms with Crippen LogP contribution in [0.15, 0.2) is 23.7 Å². The third-order valence-corrected chi connectivity index (χ3v) is 3.03. The fourth-order valence-corrected chi connectivity index (χ4v) is 1.97. The van der Waals surface area contributed by atoms with Crippen molar-refractivity contribution in [3.8, 4) is 0 Å². The summed E-state index contributed by atoms with van der Waals surface area (Å²) in [6, 6.07) is 3.39. The van der Waals surface area contributed by atoms with Crippen LogP contribution in [0.4, 0.5) is 0 Å². The summed E-state index contributed by atoms with van der Waals surface area (Å²) in [6.07, 6.45) is 1.71. The van der Waals surface area contributed by atoms with Gasteiger partial charge in [-0.05, 0) is 19.1 Å². The van der Waals surface area contributed by atoms with Crippen LogP contribution >= 0.6 is 11.3 Å². The number of nitrogens with two attached hydrogens (primary N) is 1. The molecule has 2 heterocycles. The van der Waals surface area contributed by atoms with Gasteiger partial charge in [0.2, 0.25) is 5.78 Å². The van der Waals surface area contributed by atoms with Crippen molar-refractivity contribution in [2.24, 2.45) is 5.73 Å². The molecule has 5 heteroatoms. The van der Waals surface area contributed by atoms with E-state index in [9.17, 15) is 4.79 Å². The summed E-state index contributed by atoms with van der Waals surface area (Å²) in [4.78, 5) is 18.9. The lowest BCUT2D eigenvalue weighted by Gasteiger charge is -1.96. The first-order chi connectivity index (χ1) is 7.18. The second-order valence-electron chi connectivity index (χ2n) is 3.27. The van der Waals surface area contributed by atoms with Crippen molar-refractivity contribution < 1.29 is 4.79 Å². The van der Waals surface area contributed by atoms with Gasteiger partial charge in [-0.15, -0.1) is 11.3 Å². The fourth-order valence-electron chi connectivity index (χ4n) is 1.21. The second kappa shape index (κ2) is 3.96. The van der Waals surface area contributed by atoms with Crippen LogP contribution in [0.5, 0.6) is 0 Å². The zero-order valence-corrected chi connectivity index (χ0v) is 9.04. The standard InChI is InChI=1S/C10H11N3OS/c1-6(11)10-13-8(5-15-10)9(14)7-3-2-4-12-7/h2-6,12H,11H2,1H3. The molecule has 0 amide bonds. The van der Waals surface area contributed by atoms with Gasteiger partial charge in [0.05, 0.1) is 11.7 Å². The number of H-pyrrole nitrogens is 1. The van der Waals surface area contributed by atoms with Crippen molar-refractivity contribution in [1.29, 1.82) is 0 Å². The zero-order chi connectivity index (χ0) is 10.8. The molecule has 0 aliphatic rings. The minimum absolute atomic E-state index is 0.0943. The van der Waals surface area contributed by atoms with E-state index in [0.29, 0.717) is 11.4 Å². The van der Waals surface area contributed by atoms with Crippen LogP contribution in [-0.4, -0.2) is 15.8 Å². The topological polar surface area (TPSA) is 71.8 Å². The first-order valence-electron chi connectivity index (χ1n) is 4.57. The Kier molecular flexibility index (Phi) is 2.66. The van der Waals surface area contributed by atoms with E-state index in [1.54, 1.807) is 23.7 Å². The minimum atomic E-state index is -0.125. The lowest BCUT2D eigenvalue weighted by atomic mass is 10.2. The van der Waals surface area contributed by atoms with Crippen molar-refractivity contribution in [3.05, 3.63) is 40.1 Å². The molecule has 15 heavy (non-hydrogen) atoms. The van der Waals surface area contributed by atoms with Gasteiger partial charge in [0.1, 0.15) is 10.7 Å². The van der Waals surface area contributed by atoms with Gasteiger partial charge >= 0.3 is 0 Å². The number of carbonyl (C=O) groups excluding carboxylic acids is 1. The lowest BCUT2D eigenvalue weighted by Crippen LogP contribution is -2.06. The van der Waals surface area contributed by atoms with Gasteiger partial charge in [0.25, 0.3) is 0 Å². The summed E-state index contributed by atoms with van der Waals surface area (Å²) < 4.78 is 0. The van der Waals surface area contributed by atoms with Crippen LogP contribution < -0.4 is 5.73 Å². The highest BCUT2D eigenvalue weighted by atomic mass is 32.1. The molecule has 78 valence electrons. The highest BCUT2D eigenvalue weighted by Gasteiger charge is 2.14. The van der Waals surface area contributed by atoms with E-state index >= 15 is 0 Å². The number of hydrogen-bond donors (Lipinski definition) is 2. The Labute approximate surface area is 91.2 Å². The van der Waals surface area contributed by atoms with Crippen LogP contribution in [-0.2, 0) is 0 Å². The SMILES string of the molecule is CC(N)c1nc(C(=O)c2ccc[nH]2)cs1. The molecule has 0 radical (unpaired) electrons. The normalized spacial score (nSPS) is 12.7. The minimum Gasteiger partial charge on any atom is -0.358 e. The molecule has 2 rings (SSSR count). The number of ketones is 1. The van der Waals surface area contributed by atoms with E-state index in [0.717, 1.165) is 5.01 Å². The Morgan fingerprint density at radius 2 is 2.47 bits per heavy atom. The van der Waals surface area contributed by atoms with Crippen LogP contribution in [0, 0.1) is 0 Å². The van der Waals surface area contributed by atoms with Gasteiger partial charge in [-0.2, -0.15) is 0 Å². The monoisotopic (exact) mass is 221 g/mol. The highest BCUT2D eigenvalue weighted by Crippen LogP contribution is 2.17. The van der Waals surface area contributed by atoms with E-state index in [-0.39, 0.29) is 11.8 Å². The van der Waals surface area contributed by atoms with Crippen molar-refractivity contribution >= 4 is 17.1 Å². The molecule has 3 N–H and O–H groups in total. The first kappa shape index (κ1) is 10.1. The van der Waals surface area contributed by atoms with E-state index < -0.39 is 0 Å². The van der Waals surface area contributed by atoms with Crippen molar-refractivity contribution in [2.45, 2.75) is 13.0 Å². The quantitative estimate of drug-likeness (QED) is 0.775. The second-order valence-corrected chi connectivity index (χ2v) is 4.16. The Balaban J connectivity index is 2.27. The number of nitrogens with one attached hydrogen (secondary N) is 1. The zero-order valence-electron chi connectivity index (χ0n) is 8.23. The molecular formula is C10H11N3OS. The van der Waals surface area contributed by atoms with Crippen molar-refractivity contribution in [2.75, 3.05) is 0 Å². The molecule has 0 saturated heterocycles. The number of hydrogen-bond acceptors (Lipinski definition) is 4. The van der Waals surface area contributed by atoms with Crippen LogP contribution in [0.3, 0.4) is 0 Å². The fraction of sp³-hybridized carbons (Fsp3) is 0.200. The van der Waals surface area contributed by atoms with Gasteiger partial charge in [-0.25, -0.2) is 4.98 Å². The smallest absolute Gasteiger partial charge is 0.228 e. The van der Waals surface area contributed by atoms with Gasteiger partial charge in [-0.3, -0.25) is 4.79 Å². The molecule has 2 aromatic heterocycles. The summed E-state index contributed by atoms with van der Waals surface area (Å²) >= 11 is 1.41. The molecule has 4 nitrogen and oxygen atoms in total. The molecule has 1 atom stereocenters. The molecule has 0 bridgehead atoms. The summed E-state index contributed by atoms with van der Waals surface area (Å²) in [7, 11) is 0. The largest absolute Gasteiger partial charge is 0.358 e. The molecule has 2 aromatic rings. The first-order valence-corrected chi connectivity index (χ1v) is 5.45. The van der Waals surface area contributed by atoms with Crippen LogP contribution in [0.2, 0.25) is 0 Å².